The van der Waals surface area contributed by atoms with Crippen molar-refractivity contribution in [2.45, 2.75) is 40.2 Å². The molecule has 4 heteroatoms. The second-order valence-electron chi connectivity index (χ2n) is 6.59. The first-order valence-electron chi connectivity index (χ1n) is 7.34. The molecule has 0 aliphatic carbocycles. The maximum absolute atomic E-state index is 10.6. The summed E-state index contributed by atoms with van der Waals surface area (Å²) in [7, 11) is 2.11. The van der Waals surface area contributed by atoms with E-state index in [0.29, 0.717) is 12.6 Å². The van der Waals surface area contributed by atoms with E-state index in [2.05, 4.69) is 39.6 Å². The quantitative estimate of drug-likeness (QED) is 0.839. The molecule has 1 aromatic rings. The summed E-state index contributed by atoms with van der Waals surface area (Å²) in [5.41, 5.74) is 1.03. The maximum Gasteiger partial charge on any atom is 0.307 e. The molecule has 4 nitrogen and oxygen atoms in total. The second kappa shape index (κ2) is 7.46. The number of benzene rings is 1. The number of carboxylic acids is 1. The Labute approximate surface area is 127 Å². The van der Waals surface area contributed by atoms with Gasteiger partial charge in [-0.05, 0) is 37.1 Å². The molecule has 0 spiro atoms. The van der Waals surface area contributed by atoms with E-state index in [1.54, 1.807) is 12.1 Å². The van der Waals surface area contributed by atoms with Crippen molar-refractivity contribution in [3.63, 3.8) is 0 Å². The minimum absolute atomic E-state index is 0.0477. The van der Waals surface area contributed by atoms with Crippen molar-refractivity contribution in [2.24, 2.45) is 5.41 Å². The highest BCUT2D eigenvalue weighted by atomic mass is 16.5. The number of likely N-dealkylation sites (N-methyl/N-ethyl adjacent to an activating group) is 1. The highest BCUT2D eigenvalue weighted by Crippen LogP contribution is 2.22. The van der Waals surface area contributed by atoms with Gasteiger partial charge >= 0.3 is 5.97 Å². The van der Waals surface area contributed by atoms with Crippen LogP contribution in [0.2, 0.25) is 0 Å². The summed E-state index contributed by atoms with van der Waals surface area (Å²) in [5, 5.41) is 8.72. The monoisotopic (exact) mass is 293 g/mol. The largest absolute Gasteiger partial charge is 0.492 e. The Morgan fingerprint density at radius 1 is 1.29 bits per heavy atom. The maximum atomic E-state index is 10.6. The van der Waals surface area contributed by atoms with Gasteiger partial charge in [-0.2, -0.15) is 0 Å². The van der Waals surface area contributed by atoms with Crippen molar-refractivity contribution >= 4 is 5.97 Å². The third-order valence-corrected chi connectivity index (χ3v) is 3.91. The fourth-order valence-corrected chi connectivity index (χ4v) is 2.04. The first kappa shape index (κ1) is 17.5. The fourth-order valence-electron chi connectivity index (χ4n) is 2.04. The molecule has 1 unspecified atom stereocenters. The molecule has 1 N–H and O–H groups in total. The smallest absolute Gasteiger partial charge is 0.307 e. The lowest BCUT2D eigenvalue weighted by atomic mass is 9.87. The lowest BCUT2D eigenvalue weighted by Crippen LogP contribution is -2.41. The van der Waals surface area contributed by atoms with Crippen molar-refractivity contribution < 1.29 is 14.6 Å². The zero-order valence-electron chi connectivity index (χ0n) is 13.7. The Hall–Kier alpha value is -1.55. The molecular formula is C17H27NO3. The van der Waals surface area contributed by atoms with Crippen LogP contribution in [0.5, 0.6) is 5.75 Å². The molecule has 1 aromatic carbocycles. The zero-order valence-corrected chi connectivity index (χ0v) is 13.7. The molecule has 1 atom stereocenters. The molecule has 21 heavy (non-hydrogen) atoms. The summed E-state index contributed by atoms with van der Waals surface area (Å²) in [6, 6.07) is 7.71. The Bertz CT molecular complexity index is 448. The van der Waals surface area contributed by atoms with E-state index in [9.17, 15) is 4.79 Å². The topological polar surface area (TPSA) is 49.8 Å². The zero-order chi connectivity index (χ0) is 16.0. The van der Waals surface area contributed by atoms with E-state index in [1.165, 1.54) is 0 Å². The predicted molar refractivity (Wildman–Crippen MR) is 84.8 cm³/mol. The van der Waals surface area contributed by atoms with Gasteiger partial charge in [0.05, 0.1) is 6.42 Å². The molecule has 0 aromatic heterocycles. The summed E-state index contributed by atoms with van der Waals surface area (Å²) < 4.78 is 5.71. The first-order chi connectivity index (χ1) is 9.70. The van der Waals surface area contributed by atoms with Crippen LogP contribution in [0.1, 0.15) is 33.3 Å². The lowest BCUT2D eigenvalue weighted by molar-refractivity contribution is -0.136. The minimum atomic E-state index is -0.818. The Morgan fingerprint density at radius 3 is 2.33 bits per heavy atom. The van der Waals surface area contributed by atoms with Gasteiger partial charge in [0.1, 0.15) is 12.4 Å². The summed E-state index contributed by atoms with van der Waals surface area (Å²) in [6.45, 7) is 10.4. The molecule has 0 heterocycles. The van der Waals surface area contributed by atoms with Gasteiger partial charge in [0, 0.05) is 12.6 Å². The molecule has 0 aliphatic rings. The van der Waals surface area contributed by atoms with E-state index in [4.69, 9.17) is 9.84 Å². The van der Waals surface area contributed by atoms with Crippen LogP contribution >= 0.6 is 0 Å². The standard InChI is InChI=1S/C17H27NO3/c1-13(17(2,3)4)18(5)10-11-21-15-8-6-14(7-9-15)12-16(19)20/h6-9,13H,10-12H2,1-5H3,(H,19,20). The number of aliphatic carboxylic acids is 1. The molecule has 0 fully saturated rings. The molecule has 1 rings (SSSR count). The third kappa shape index (κ3) is 6.17. The van der Waals surface area contributed by atoms with Crippen LogP contribution in [-0.4, -0.2) is 42.2 Å². The summed E-state index contributed by atoms with van der Waals surface area (Å²) >= 11 is 0. The number of nitrogens with zero attached hydrogens (tertiary/aromatic N) is 1. The predicted octanol–water partition coefficient (Wildman–Crippen LogP) is 3.06. The normalized spacial score (nSPS) is 13.2. The van der Waals surface area contributed by atoms with E-state index in [0.717, 1.165) is 17.9 Å². The molecule has 118 valence electrons. The highest BCUT2D eigenvalue weighted by molar-refractivity contribution is 5.70. The molecule has 0 amide bonds. The molecule has 0 saturated heterocycles. The van der Waals surface area contributed by atoms with Crippen molar-refractivity contribution in [3.05, 3.63) is 29.8 Å². The van der Waals surface area contributed by atoms with Crippen LogP contribution < -0.4 is 4.74 Å². The Morgan fingerprint density at radius 2 is 1.86 bits per heavy atom. The van der Waals surface area contributed by atoms with Crippen molar-refractivity contribution in [2.75, 3.05) is 20.2 Å². The van der Waals surface area contributed by atoms with Gasteiger partial charge < -0.3 is 9.84 Å². The van der Waals surface area contributed by atoms with Crippen molar-refractivity contribution in [1.29, 1.82) is 0 Å². The van der Waals surface area contributed by atoms with E-state index < -0.39 is 5.97 Å². The highest BCUT2D eigenvalue weighted by Gasteiger charge is 2.23. The van der Waals surface area contributed by atoms with E-state index in [-0.39, 0.29) is 11.8 Å². The number of carboxylic acid groups (broad SMARTS) is 1. The third-order valence-electron chi connectivity index (χ3n) is 3.91. The molecule has 0 aliphatic heterocycles. The van der Waals surface area contributed by atoms with Gasteiger partial charge in [-0.25, -0.2) is 0 Å². The van der Waals surface area contributed by atoms with Gasteiger partial charge in [0.2, 0.25) is 0 Å². The first-order valence-corrected chi connectivity index (χ1v) is 7.34. The van der Waals surface area contributed by atoms with Gasteiger partial charge in [0.15, 0.2) is 0 Å². The van der Waals surface area contributed by atoms with Crippen molar-refractivity contribution in [1.82, 2.24) is 4.90 Å². The van der Waals surface area contributed by atoms with Crippen LogP contribution in [0.15, 0.2) is 24.3 Å². The van der Waals surface area contributed by atoms with Gasteiger partial charge in [-0.15, -0.1) is 0 Å². The average Bonchev–Trinajstić information content (AvgIpc) is 2.38. The molecular weight excluding hydrogens is 266 g/mol. The number of rotatable bonds is 7. The summed E-state index contributed by atoms with van der Waals surface area (Å²) in [6.07, 6.45) is 0.0477. The van der Waals surface area contributed by atoms with Crippen molar-refractivity contribution in [3.8, 4) is 5.75 Å². The number of carbonyl (C=O) groups is 1. The summed E-state index contributed by atoms with van der Waals surface area (Å²) in [4.78, 5) is 12.9. The van der Waals surface area contributed by atoms with Gasteiger partial charge in [-0.1, -0.05) is 32.9 Å². The van der Waals surface area contributed by atoms with Gasteiger partial charge in [0.25, 0.3) is 0 Å². The van der Waals surface area contributed by atoms with Crippen LogP contribution in [0, 0.1) is 5.41 Å². The SMILES string of the molecule is CC(N(C)CCOc1ccc(CC(=O)O)cc1)C(C)(C)C. The Kier molecular flexibility index (Phi) is 6.21. The number of hydrogen-bond donors (Lipinski definition) is 1. The lowest BCUT2D eigenvalue weighted by Gasteiger charge is -2.35. The van der Waals surface area contributed by atoms with E-state index in [1.807, 2.05) is 12.1 Å². The molecule has 0 bridgehead atoms. The van der Waals surface area contributed by atoms with E-state index >= 15 is 0 Å². The van der Waals surface area contributed by atoms with Crippen LogP contribution in [0.4, 0.5) is 0 Å². The minimum Gasteiger partial charge on any atom is -0.492 e. The molecule has 0 radical (unpaired) electrons. The average molecular weight is 293 g/mol. The fraction of sp³-hybridized carbons (Fsp3) is 0.588. The second-order valence-corrected chi connectivity index (χ2v) is 6.59. The Balaban J connectivity index is 2.40. The summed E-state index contributed by atoms with van der Waals surface area (Å²) in [5.74, 6) is -0.0394. The van der Waals surface area contributed by atoms with Crippen LogP contribution in [0.3, 0.4) is 0 Å². The number of hydrogen-bond acceptors (Lipinski definition) is 3. The number of ether oxygens (including phenoxy) is 1. The van der Waals surface area contributed by atoms with Gasteiger partial charge in [-0.3, -0.25) is 9.69 Å². The van der Waals surface area contributed by atoms with Crippen LogP contribution in [-0.2, 0) is 11.2 Å². The molecule has 0 saturated carbocycles. The van der Waals surface area contributed by atoms with Crippen LogP contribution in [0.25, 0.3) is 0 Å².